The Morgan fingerprint density at radius 3 is 2.50 bits per heavy atom. The molecule has 1 nitrogen and oxygen atoms in total. The predicted molar refractivity (Wildman–Crippen MR) is 45.7 cm³/mol. The van der Waals surface area contributed by atoms with Gasteiger partial charge < -0.3 is 5.32 Å². The molecule has 1 rings (SSSR count). The van der Waals surface area contributed by atoms with Crippen LogP contribution in [0.3, 0.4) is 0 Å². The fraction of sp³-hybridized carbons (Fsp3) is 0.333. The van der Waals surface area contributed by atoms with Crippen molar-refractivity contribution in [1.29, 1.82) is 0 Å². The third kappa shape index (κ3) is 3.24. The van der Waals surface area contributed by atoms with Crippen molar-refractivity contribution < 1.29 is 17.6 Å². The Bertz CT molecular complexity index is 319. The van der Waals surface area contributed by atoms with Gasteiger partial charge in [-0.25, -0.2) is 4.39 Å². The van der Waals surface area contributed by atoms with Crippen molar-refractivity contribution in [3.05, 3.63) is 29.6 Å². The molecule has 0 aromatic heterocycles. The van der Waals surface area contributed by atoms with Crippen molar-refractivity contribution in [2.45, 2.75) is 13.1 Å². The topological polar surface area (TPSA) is 12.0 Å². The monoisotopic (exact) mass is 207 g/mol. The van der Waals surface area contributed by atoms with Gasteiger partial charge in [0.05, 0.1) is 5.69 Å². The average Bonchev–Trinajstić information content (AvgIpc) is 2.05. The van der Waals surface area contributed by atoms with Crippen molar-refractivity contribution in [3.8, 4) is 0 Å². The van der Waals surface area contributed by atoms with Gasteiger partial charge >= 0.3 is 6.18 Å². The number of alkyl halides is 3. The molecular weight excluding hydrogens is 198 g/mol. The van der Waals surface area contributed by atoms with Gasteiger partial charge in [0.2, 0.25) is 0 Å². The summed E-state index contributed by atoms with van der Waals surface area (Å²) in [4.78, 5) is 0. The molecule has 0 amide bonds. The molecule has 0 fully saturated rings. The summed E-state index contributed by atoms with van der Waals surface area (Å²) < 4.78 is 48.3. The van der Waals surface area contributed by atoms with E-state index in [1.54, 1.807) is 6.92 Å². The van der Waals surface area contributed by atoms with Gasteiger partial charge in [-0.2, -0.15) is 13.2 Å². The largest absolute Gasteiger partial charge is 0.405 e. The maximum atomic E-state index is 12.9. The van der Waals surface area contributed by atoms with Crippen molar-refractivity contribution in [3.63, 3.8) is 0 Å². The number of nitrogens with one attached hydrogen (secondary N) is 1. The number of rotatable bonds is 2. The summed E-state index contributed by atoms with van der Waals surface area (Å²) >= 11 is 0. The molecule has 1 aromatic rings. The van der Waals surface area contributed by atoms with E-state index in [9.17, 15) is 17.6 Å². The minimum Gasteiger partial charge on any atom is -0.374 e. The highest BCUT2D eigenvalue weighted by Gasteiger charge is 2.26. The zero-order valence-corrected chi connectivity index (χ0v) is 7.45. The Hall–Kier alpha value is -1.26. The minimum atomic E-state index is -4.34. The number of hydrogen-bond donors (Lipinski definition) is 1. The molecule has 0 atom stereocenters. The van der Waals surface area contributed by atoms with E-state index in [4.69, 9.17) is 0 Å². The van der Waals surface area contributed by atoms with Crippen LogP contribution in [0.25, 0.3) is 0 Å². The molecule has 0 aliphatic carbocycles. The summed E-state index contributed by atoms with van der Waals surface area (Å²) in [6, 6.07) is 3.96. The van der Waals surface area contributed by atoms with E-state index in [1.165, 1.54) is 12.1 Å². The summed E-state index contributed by atoms with van der Waals surface area (Å²) in [5, 5.41) is 1.99. The lowest BCUT2D eigenvalue weighted by molar-refractivity contribution is -0.115. The maximum Gasteiger partial charge on any atom is 0.405 e. The number of halogens is 4. The molecule has 0 bridgehead atoms. The van der Waals surface area contributed by atoms with Crippen LogP contribution in [0.4, 0.5) is 23.2 Å². The van der Waals surface area contributed by atoms with Gasteiger partial charge in [0.1, 0.15) is 12.4 Å². The minimum absolute atomic E-state index is 0.123. The van der Waals surface area contributed by atoms with E-state index in [-0.39, 0.29) is 5.69 Å². The van der Waals surface area contributed by atoms with E-state index in [1.807, 2.05) is 5.32 Å². The van der Waals surface area contributed by atoms with Gasteiger partial charge in [-0.3, -0.25) is 0 Å². The SMILES string of the molecule is Cc1ccc(F)c(NCC(F)(F)F)c1. The zero-order valence-electron chi connectivity index (χ0n) is 7.45. The van der Waals surface area contributed by atoms with E-state index in [0.29, 0.717) is 5.56 Å². The van der Waals surface area contributed by atoms with Crippen molar-refractivity contribution in [2.24, 2.45) is 0 Å². The molecule has 14 heavy (non-hydrogen) atoms. The summed E-state index contributed by atoms with van der Waals surface area (Å²) in [7, 11) is 0. The van der Waals surface area contributed by atoms with E-state index < -0.39 is 18.5 Å². The quantitative estimate of drug-likeness (QED) is 0.734. The highest BCUT2D eigenvalue weighted by atomic mass is 19.4. The van der Waals surface area contributed by atoms with Crippen LogP contribution in [0, 0.1) is 12.7 Å². The van der Waals surface area contributed by atoms with Crippen LogP contribution in [0.2, 0.25) is 0 Å². The van der Waals surface area contributed by atoms with Crippen LogP contribution >= 0.6 is 0 Å². The highest BCUT2D eigenvalue weighted by Crippen LogP contribution is 2.19. The number of anilines is 1. The molecule has 0 aliphatic rings. The molecule has 0 saturated heterocycles. The summed E-state index contributed by atoms with van der Waals surface area (Å²) in [5.41, 5.74) is 0.582. The molecule has 78 valence electrons. The van der Waals surface area contributed by atoms with E-state index in [0.717, 1.165) is 6.07 Å². The fourth-order valence-electron chi connectivity index (χ4n) is 0.970. The van der Waals surface area contributed by atoms with Crippen LogP contribution < -0.4 is 5.32 Å². The first kappa shape index (κ1) is 10.8. The average molecular weight is 207 g/mol. The Labute approximate surface area is 78.7 Å². The third-order valence-corrected chi connectivity index (χ3v) is 1.60. The lowest BCUT2D eigenvalue weighted by atomic mass is 10.2. The molecule has 1 aromatic carbocycles. The van der Waals surface area contributed by atoms with Gasteiger partial charge in [-0.15, -0.1) is 0 Å². The van der Waals surface area contributed by atoms with Crippen molar-refractivity contribution >= 4 is 5.69 Å². The summed E-state index contributed by atoms with van der Waals surface area (Å²) in [5.74, 6) is -0.681. The first-order valence-electron chi connectivity index (χ1n) is 3.95. The number of aryl methyl sites for hydroxylation is 1. The van der Waals surface area contributed by atoms with E-state index in [2.05, 4.69) is 0 Å². The standard InChI is InChI=1S/C9H9F4N/c1-6-2-3-7(10)8(4-6)14-5-9(11,12)13/h2-4,14H,5H2,1H3. The number of benzene rings is 1. The molecular formula is C9H9F4N. The van der Waals surface area contributed by atoms with Gasteiger partial charge in [-0.1, -0.05) is 6.07 Å². The Morgan fingerprint density at radius 2 is 1.93 bits per heavy atom. The van der Waals surface area contributed by atoms with Crippen molar-refractivity contribution in [2.75, 3.05) is 11.9 Å². The van der Waals surface area contributed by atoms with E-state index >= 15 is 0 Å². The Morgan fingerprint density at radius 1 is 1.29 bits per heavy atom. The third-order valence-electron chi connectivity index (χ3n) is 1.60. The summed E-state index contributed by atoms with van der Waals surface area (Å²) in [6.07, 6.45) is -4.34. The normalized spacial score (nSPS) is 11.5. The van der Waals surface area contributed by atoms with Crippen LogP contribution in [0.15, 0.2) is 18.2 Å². The second-order valence-electron chi connectivity index (χ2n) is 2.95. The number of hydrogen-bond acceptors (Lipinski definition) is 1. The van der Waals surface area contributed by atoms with Crippen LogP contribution in [0.1, 0.15) is 5.56 Å². The molecule has 0 radical (unpaired) electrons. The molecule has 0 aliphatic heterocycles. The second-order valence-corrected chi connectivity index (χ2v) is 2.95. The van der Waals surface area contributed by atoms with Crippen LogP contribution in [-0.2, 0) is 0 Å². The molecule has 1 N–H and O–H groups in total. The molecule has 0 unspecified atom stereocenters. The Kier molecular flexibility index (Phi) is 2.98. The molecule has 0 spiro atoms. The summed E-state index contributed by atoms with van der Waals surface area (Å²) in [6.45, 7) is 0.450. The Balaban J connectivity index is 2.72. The maximum absolute atomic E-state index is 12.9. The second kappa shape index (κ2) is 3.86. The van der Waals surface area contributed by atoms with Gasteiger partial charge in [0, 0.05) is 0 Å². The van der Waals surface area contributed by atoms with Crippen LogP contribution in [0.5, 0.6) is 0 Å². The highest BCUT2D eigenvalue weighted by molar-refractivity contribution is 5.47. The van der Waals surface area contributed by atoms with Gasteiger partial charge in [-0.05, 0) is 24.6 Å². The van der Waals surface area contributed by atoms with Crippen molar-refractivity contribution in [1.82, 2.24) is 0 Å². The lowest BCUT2D eigenvalue weighted by Crippen LogP contribution is -2.21. The first-order valence-corrected chi connectivity index (χ1v) is 3.95. The van der Waals surface area contributed by atoms with Crippen LogP contribution in [-0.4, -0.2) is 12.7 Å². The fourth-order valence-corrected chi connectivity index (χ4v) is 0.970. The first-order chi connectivity index (χ1) is 6.38. The smallest absolute Gasteiger partial charge is 0.374 e. The van der Waals surface area contributed by atoms with Gasteiger partial charge in [0.15, 0.2) is 0 Å². The zero-order chi connectivity index (χ0) is 10.8. The van der Waals surface area contributed by atoms with Gasteiger partial charge in [0.25, 0.3) is 0 Å². The molecule has 0 saturated carbocycles. The lowest BCUT2D eigenvalue weighted by Gasteiger charge is -2.10. The predicted octanol–water partition coefficient (Wildman–Crippen LogP) is 3.11. The molecule has 5 heteroatoms. The molecule has 0 heterocycles.